The van der Waals surface area contributed by atoms with E-state index in [1.807, 2.05) is 97.2 Å². The molecule has 0 spiro atoms. The Morgan fingerprint density at radius 3 is 0.333 bits per heavy atom. The summed E-state index contributed by atoms with van der Waals surface area (Å²) in [6, 6.07) is 0. The van der Waals surface area contributed by atoms with Gasteiger partial charge in [0, 0.05) is 0 Å². The molecule has 1 aliphatic carbocycles. The van der Waals surface area contributed by atoms with E-state index in [-0.39, 0.29) is 0 Å². The molecule has 0 heteroatoms. The molecule has 0 aromatic rings. The summed E-state index contributed by atoms with van der Waals surface area (Å²) in [4.78, 5) is 0. The van der Waals surface area contributed by atoms with E-state index < -0.39 is 0 Å². The van der Waals surface area contributed by atoms with Gasteiger partial charge in [0.1, 0.15) is 0 Å². The van der Waals surface area contributed by atoms with Crippen molar-refractivity contribution in [3.63, 3.8) is 0 Å². The average molecular weight is 236 g/mol. The Kier molecular flexibility index (Phi) is 12.8. The lowest BCUT2D eigenvalue weighted by atomic mass is 10.3. The Morgan fingerprint density at radius 2 is 0.278 bits per heavy atom. The van der Waals surface area contributed by atoms with Gasteiger partial charge >= 0.3 is 0 Å². The summed E-state index contributed by atoms with van der Waals surface area (Å²) in [5.41, 5.74) is 0. The van der Waals surface area contributed by atoms with Crippen LogP contribution in [0.5, 0.6) is 0 Å². The fraction of sp³-hybridized carbons (Fsp3) is 0. The molecule has 1 aliphatic rings. The van der Waals surface area contributed by atoms with Gasteiger partial charge in [-0.3, -0.25) is 0 Å². The number of rotatable bonds is 0. The van der Waals surface area contributed by atoms with Gasteiger partial charge in [-0.2, -0.15) is 0 Å². The highest BCUT2D eigenvalue weighted by Crippen LogP contribution is 1.88. The predicted molar refractivity (Wildman–Crippen MR) is 84.4 cm³/mol. The SMILES string of the molecule is C1=CC=CC=CC=CC=CC=CC=CC=C1.C=C. The van der Waals surface area contributed by atoms with Crippen LogP contribution in [0.2, 0.25) is 0 Å². The third-order valence-corrected chi connectivity index (χ3v) is 1.78. The zero-order valence-corrected chi connectivity index (χ0v) is 10.7. The third-order valence-electron chi connectivity index (χ3n) is 1.78. The van der Waals surface area contributed by atoms with E-state index >= 15 is 0 Å². The molecule has 92 valence electrons. The van der Waals surface area contributed by atoms with Gasteiger partial charge < -0.3 is 0 Å². The molecular weight excluding hydrogens is 216 g/mol. The minimum absolute atomic E-state index is 2.00. The zero-order valence-electron chi connectivity index (χ0n) is 10.7. The Labute approximate surface area is 111 Å². The zero-order chi connectivity index (χ0) is 13.3. The van der Waals surface area contributed by atoms with Crippen molar-refractivity contribution < 1.29 is 0 Å². The lowest BCUT2D eigenvalue weighted by molar-refractivity contribution is 1.81. The lowest BCUT2D eigenvalue weighted by Gasteiger charge is -1.77. The van der Waals surface area contributed by atoms with Gasteiger partial charge in [-0.25, -0.2) is 0 Å². The second-order valence-corrected chi connectivity index (χ2v) is 3.08. The quantitative estimate of drug-likeness (QED) is 0.504. The lowest BCUT2D eigenvalue weighted by Crippen LogP contribution is -1.55. The van der Waals surface area contributed by atoms with Crippen LogP contribution < -0.4 is 0 Å². The molecule has 0 N–H and O–H groups in total. The minimum atomic E-state index is 2.00. The van der Waals surface area contributed by atoms with Gasteiger partial charge in [0.25, 0.3) is 0 Å². The highest BCUT2D eigenvalue weighted by atomic mass is 13.7. The summed E-state index contributed by atoms with van der Waals surface area (Å²) in [6.07, 6.45) is 32.0. The maximum atomic E-state index is 3.00. The van der Waals surface area contributed by atoms with Gasteiger partial charge in [0.05, 0.1) is 0 Å². The first-order chi connectivity index (χ1) is 9.00. The average Bonchev–Trinajstić information content (AvgIpc) is 2.41. The smallest absolute Gasteiger partial charge is 0.0623 e. The van der Waals surface area contributed by atoms with E-state index in [1.165, 1.54) is 0 Å². The van der Waals surface area contributed by atoms with Gasteiger partial charge in [0.2, 0.25) is 0 Å². The standard InChI is InChI=1S/C16H16.C2H4/c1-2-4-6-8-10-12-14-16-15-13-11-9-7-5-3-1;1-2/h1-16H;1-2H2. The third kappa shape index (κ3) is 11.7. The molecule has 18 heavy (non-hydrogen) atoms. The van der Waals surface area contributed by atoms with E-state index in [0.29, 0.717) is 0 Å². The van der Waals surface area contributed by atoms with Crippen molar-refractivity contribution in [2.24, 2.45) is 0 Å². The molecule has 0 unspecified atom stereocenters. The molecule has 1 rings (SSSR count). The maximum Gasteiger partial charge on any atom is -0.0623 e. The predicted octanol–water partition coefficient (Wildman–Crippen LogP) is 5.25. The second-order valence-electron chi connectivity index (χ2n) is 3.08. The van der Waals surface area contributed by atoms with Crippen molar-refractivity contribution in [3.05, 3.63) is 110 Å². The van der Waals surface area contributed by atoms with Crippen LogP contribution in [0.15, 0.2) is 110 Å². The van der Waals surface area contributed by atoms with Crippen molar-refractivity contribution in [1.82, 2.24) is 0 Å². The largest absolute Gasteiger partial charge is 0.106 e. The molecule has 0 bridgehead atoms. The van der Waals surface area contributed by atoms with E-state index in [9.17, 15) is 0 Å². The van der Waals surface area contributed by atoms with Crippen LogP contribution in [0.1, 0.15) is 0 Å². The van der Waals surface area contributed by atoms with Crippen LogP contribution >= 0.6 is 0 Å². The summed E-state index contributed by atoms with van der Waals surface area (Å²) >= 11 is 0. The fourth-order valence-electron chi connectivity index (χ4n) is 1.03. The summed E-state index contributed by atoms with van der Waals surface area (Å²) < 4.78 is 0. The highest BCUT2D eigenvalue weighted by Gasteiger charge is 1.66. The topological polar surface area (TPSA) is 0 Å². The van der Waals surface area contributed by atoms with E-state index in [0.717, 1.165) is 0 Å². The van der Waals surface area contributed by atoms with Gasteiger partial charge in [0.15, 0.2) is 0 Å². The Bertz CT molecular complexity index is 255. The highest BCUT2D eigenvalue weighted by molar-refractivity contribution is 5.23. The Hall–Kier alpha value is -2.34. The molecule has 0 aromatic carbocycles. The van der Waals surface area contributed by atoms with Gasteiger partial charge in [-0.15, -0.1) is 13.2 Å². The molecule has 0 nitrogen and oxygen atoms in total. The summed E-state index contributed by atoms with van der Waals surface area (Å²) in [7, 11) is 0. The van der Waals surface area contributed by atoms with Crippen LogP contribution in [0.4, 0.5) is 0 Å². The van der Waals surface area contributed by atoms with Crippen molar-refractivity contribution in [2.75, 3.05) is 0 Å². The minimum Gasteiger partial charge on any atom is -0.106 e. The second kappa shape index (κ2) is 14.7. The number of allylic oxidation sites excluding steroid dienone is 16. The summed E-state index contributed by atoms with van der Waals surface area (Å²) in [5.74, 6) is 0. The summed E-state index contributed by atoms with van der Waals surface area (Å²) in [6.45, 7) is 6.00. The molecule has 0 heterocycles. The van der Waals surface area contributed by atoms with Crippen molar-refractivity contribution >= 4 is 0 Å². The van der Waals surface area contributed by atoms with Crippen LogP contribution in [0, 0.1) is 0 Å². The first-order valence-electron chi connectivity index (χ1n) is 5.83. The van der Waals surface area contributed by atoms with E-state index in [4.69, 9.17) is 0 Å². The molecule has 0 fully saturated rings. The van der Waals surface area contributed by atoms with Gasteiger partial charge in [-0.05, 0) is 0 Å². The monoisotopic (exact) mass is 236 g/mol. The Balaban J connectivity index is 0.00000137. The molecular formula is C18H20. The first-order valence-corrected chi connectivity index (χ1v) is 5.83. The van der Waals surface area contributed by atoms with Crippen molar-refractivity contribution in [3.8, 4) is 0 Å². The van der Waals surface area contributed by atoms with Crippen LogP contribution in [0.25, 0.3) is 0 Å². The van der Waals surface area contributed by atoms with Crippen molar-refractivity contribution in [2.45, 2.75) is 0 Å². The fourth-order valence-corrected chi connectivity index (χ4v) is 1.03. The summed E-state index contributed by atoms with van der Waals surface area (Å²) in [5, 5.41) is 0. The maximum absolute atomic E-state index is 3.00. The van der Waals surface area contributed by atoms with Crippen LogP contribution in [-0.2, 0) is 0 Å². The normalized spacial score (nSPS) is 14.4. The first kappa shape index (κ1) is 15.7. The molecule has 0 amide bonds. The molecule has 0 aliphatic heterocycles. The molecule has 0 saturated heterocycles. The molecule has 0 atom stereocenters. The number of hydrogen-bond acceptors (Lipinski definition) is 0. The Morgan fingerprint density at radius 1 is 0.222 bits per heavy atom. The molecule has 0 radical (unpaired) electrons. The van der Waals surface area contributed by atoms with E-state index in [2.05, 4.69) is 13.2 Å². The molecule has 0 aromatic heterocycles. The van der Waals surface area contributed by atoms with Gasteiger partial charge in [-0.1, -0.05) is 97.2 Å². The van der Waals surface area contributed by atoms with Crippen LogP contribution in [0.3, 0.4) is 0 Å². The number of hydrogen-bond donors (Lipinski definition) is 0. The van der Waals surface area contributed by atoms with Crippen molar-refractivity contribution in [1.29, 1.82) is 0 Å². The van der Waals surface area contributed by atoms with E-state index in [1.54, 1.807) is 0 Å². The molecule has 0 saturated carbocycles. The van der Waals surface area contributed by atoms with Crippen LogP contribution in [-0.4, -0.2) is 0 Å².